The van der Waals surface area contributed by atoms with Crippen LogP contribution in [0.4, 0.5) is 24.5 Å². The highest BCUT2D eigenvalue weighted by molar-refractivity contribution is 7.92. The zero-order valence-corrected chi connectivity index (χ0v) is 22.6. The van der Waals surface area contributed by atoms with Gasteiger partial charge in [-0.15, -0.1) is 11.3 Å². The number of sulfonamides is 2. The number of carbonyl (C=O) groups excluding carboxylic acids is 1. The number of nitrogens with zero attached hydrogens (tertiary/aromatic N) is 1. The zero-order chi connectivity index (χ0) is 27.7. The first-order valence-electron chi connectivity index (χ1n) is 11.1. The van der Waals surface area contributed by atoms with Crippen molar-refractivity contribution in [2.24, 2.45) is 5.92 Å². The Bertz CT molecular complexity index is 1530. The van der Waals surface area contributed by atoms with E-state index < -0.39 is 48.6 Å². The maximum absolute atomic E-state index is 13.1. The first-order chi connectivity index (χ1) is 17.8. The third-order valence-corrected chi connectivity index (χ3v) is 10.8. The predicted octanol–water partition coefficient (Wildman–Crippen LogP) is 5.26. The average Bonchev–Trinajstić information content (AvgIpc) is 3.41. The number of anilines is 2. The van der Waals surface area contributed by atoms with Crippen molar-refractivity contribution in [3.05, 3.63) is 70.6 Å². The molecule has 0 saturated carbocycles. The van der Waals surface area contributed by atoms with Crippen molar-refractivity contribution in [1.82, 2.24) is 4.31 Å². The highest BCUT2D eigenvalue weighted by Crippen LogP contribution is 2.36. The van der Waals surface area contributed by atoms with E-state index in [-0.39, 0.29) is 27.0 Å². The van der Waals surface area contributed by atoms with Crippen molar-refractivity contribution in [2.75, 3.05) is 23.1 Å². The van der Waals surface area contributed by atoms with Crippen LogP contribution in [0.25, 0.3) is 0 Å². The molecule has 2 heterocycles. The molecule has 0 aliphatic carbocycles. The Kier molecular flexibility index (Phi) is 8.09. The maximum Gasteiger partial charge on any atom is 0.417 e. The molecule has 0 spiro atoms. The summed E-state index contributed by atoms with van der Waals surface area (Å²) in [5.41, 5.74) is -1.22. The van der Waals surface area contributed by atoms with Gasteiger partial charge in [0.15, 0.2) is 0 Å². The van der Waals surface area contributed by atoms with Crippen molar-refractivity contribution in [3.8, 4) is 0 Å². The summed E-state index contributed by atoms with van der Waals surface area (Å²) in [6.07, 6.45) is -3.77. The van der Waals surface area contributed by atoms with Crippen LogP contribution in [0.3, 0.4) is 0 Å². The standard InChI is InChI=1S/C23H21ClF3N3O5S3/c24-20-10-7-17(13-19(20)23(25,26)27)29-37(32,33)18-8-5-16(6-9-18)28-22(31)15-3-1-11-30(14-15)38(34,35)21-4-2-12-36-21/h2,4-10,12-13,15,29H,1,3,11,14H2,(H,28,31)/t15-/m1/s1. The molecular formula is C23H21ClF3N3O5S3. The number of carbonyl (C=O) groups is 1. The Morgan fingerprint density at radius 1 is 1.03 bits per heavy atom. The fraction of sp³-hybridized carbons (Fsp3) is 0.261. The number of rotatable bonds is 7. The first kappa shape index (κ1) is 28.4. The number of thiophene rings is 1. The SMILES string of the molecule is O=C(Nc1ccc(S(=O)(=O)Nc2ccc(Cl)c(C(F)(F)F)c2)cc1)[C@@H]1CCCN(S(=O)(=O)c2cccs2)C1. The van der Waals surface area contributed by atoms with Gasteiger partial charge in [-0.25, -0.2) is 16.8 Å². The summed E-state index contributed by atoms with van der Waals surface area (Å²) < 4.78 is 93.8. The van der Waals surface area contributed by atoms with Crippen molar-refractivity contribution in [2.45, 2.75) is 28.1 Å². The van der Waals surface area contributed by atoms with E-state index in [1.165, 1.54) is 34.6 Å². The second-order valence-electron chi connectivity index (χ2n) is 8.45. The number of hydrogen-bond acceptors (Lipinski definition) is 6. The normalized spacial score (nSPS) is 17.2. The summed E-state index contributed by atoms with van der Waals surface area (Å²) in [6.45, 7) is 0.325. The molecule has 1 aliphatic rings. The van der Waals surface area contributed by atoms with E-state index in [9.17, 15) is 34.8 Å². The number of halogens is 4. The number of nitrogens with one attached hydrogen (secondary N) is 2. The van der Waals surface area contributed by atoms with Gasteiger partial charge in [0, 0.05) is 24.5 Å². The Balaban J connectivity index is 1.42. The van der Waals surface area contributed by atoms with Crippen LogP contribution in [0, 0.1) is 5.92 Å². The minimum absolute atomic E-state index is 0.0173. The smallest absolute Gasteiger partial charge is 0.326 e. The van der Waals surface area contributed by atoms with Gasteiger partial charge in [0.05, 0.1) is 21.4 Å². The van der Waals surface area contributed by atoms with Crippen LogP contribution in [-0.2, 0) is 31.0 Å². The van der Waals surface area contributed by atoms with Crippen LogP contribution in [0.5, 0.6) is 0 Å². The van der Waals surface area contributed by atoms with Crippen molar-refractivity contribution < 1.29 is 34.8 Å². The third-order valence-electron chi connectivity index (χ3n) is 5.80. The van der Waals surface area contributed by atoms with Gasteiger partial charge in [0.2, 0.25) is 5.91 Å². The van der Waals surface area contributed by atoms with Gasteiger partial charge in [-0.1, -0.05) is 17.7 Å². The zero-order valence-electron chi connectivity index (χ0n) is 19.4. The van der Waals surface area contributed by atoms with Crippen LogP contribution < -0.4 is 10.0 Å². The van der Waals surface area contributed by atoms with Gasteiger partial charge >= 0.3 is 6.18 Å². The fourth-order valence-corrected chi connectivity index (χ4v) is 7.84. The lowest BCUT2D eigenvalue weighted by molar-refractivity contribution is -0.137. The van der Waals surface area contributed by atoms with Gasteiger partial charge < -0.3 is 5.32 Å². The minimum Gasteiger partial charge on any atom is -0.326 e. The van der Waals surface area contributed by atoms with Crippen LogP contribution in [-0.4, -0.2) is 40.1 Å². The molecular weight excluding hydrogens is 587 g/mol. The van der Waals surface area contributed by atoms with Crippen LogP contribution in [0.1, 0.15) is 18.4 Å². The Morgan fingerprint density at radius 2 is 1.71 bits per heavy atom. The van der Waals surface area contributed by atoms with Crippen LogP contribution in [0.2, 0.25) is 5.02 Å². The van der Waals surface area contributed by atoms with E-state index in [0.717, 1.165) is 23.5 Å². The fourth-order valence-electron chi connectivity index (χ4n) is 3.89. The molecule has 15 heteroatoms. The molecule has 204 valence electrons. The van der Waals surface area contributed by atoms with E-state index in [0.29, 0.717) is 25.5 Å². The molecule has 1 saturated heterocycles. The van der Waals surface area contributed by atoms with Crippen LogP contribution >= 0.6 is 22.9 Å². The highest BCUT2D eigenvalue weighted by atomic mass is 35.5. The number of hydrogen-bond donors (Lipinski definition) is 2. The Labute approximate surface area is 226 Å². The van der Waals surface area contributed by atoms with Gasteiger partial charge in [0.1, 0.15) is 4.21 Å². The Morgan fingerprint density at radius 3 is 2.34 bits per heavy atom. The number of amides is 1. The van der Waals surface area contributed by atoms with E-state index in [2.05, 4.69) is 10.0 Å². The van der Waals surface area contributed by atoms with Gasteiger partial charge in [-0.3, -0.25) is 9.52 Å². The second kappa shape index (κ2) is 10.8. The van der Waals surface area contributed by atoms with E-state index >= 15 is 0 Å². The minimum atomic E-state index is -4.76. The van der Waals surface area contributed by atoms with Gasteiger partial charge in [-0.05, 0) is 66.8 Å². The van der Waals surface area contributed by atoms with E-state index in [1.54, 1.807) is 11.4 Å². The molecule has 1 amide bonds. The summed E-state index contributed by atoms with van der Waals surface area (Å²) in [4.78, 5) is 12.6. The van der Waals surface area contributed by atoms with Crippen LogP contribution in [0.15, 0.2) is 69.1 Å². The van der Waals surface area contributed by atoms with Crippen molar-refractivity contribution in [1.29, 1.82) is 0 Å². The Hall–Kier alpha value is -2.65. The maximum atomic E-state index is 13.1. The van der Waals surface area contributed by atoms with Crippen molar-refractivity contribution >= 4 is 60.3 Å². The topological polar surface area (TPSA) is 113 Å². The van der Waals surface area contributed by atoms with E-state index in [1.807, 2.05) is 0 Å². The quantitative estimate of drug-likeness (QED) is 0.380. The number of piperidine rings is 1. The molecule has 1 aliphatic heterocycles. The second-order valence-corrected chi connectivity index (χ2v) is 13.6. The molecule has 38 heavy (non-hydrogen) atoms. The summed E-state index contributed by atoms with van der Waals surface area (Å²) >= 11 is 6.68. The molecule has 1 aromatic heterocycles. The highest BCUT2D eigenvalue weighted by Gasteiger charge is 2.35. The lowest BCUT2D eigenvalue weighted by Gasteiger charge is -2.30. The van der Waals surface area contributed by atoms with Gasteiger partial charge in [0.25, 0.3) is 20.0 Å². The number of benzene rings is 2. The molecule has 8 nitrogen and oxygen atoms in total. The molecule has 4 rings (SSSR count). The molecule has 2 N–H and O–H groups in total. The summed E-state index contributed by atoms with van der Waals surface area (Å²) in [6, 6.07) is 10.8. The molecule has 3 aromatic rings. The van der Waals surface area contributed by atoms with Gasteiger partial charge in [-0.2, -0.15) is 17.5 Å². The monoisotopic (exact) mass is 607 g/mol. The summed E-state index contributed by atoms with van der Waals surface area (Å²) in [5.74, 6) is -1.01. The summed E-state index contributed by atoms with van der Waals surface area (Å²) in [7, 11) is -7.94. The molecule has 0 unspecified atom stereocenters. The largest absolute Gasteiger partial charge is 0.417 e. The van der Waals surface area contributed by atoms with E-state index in [4.69, 9.17) is 11.6 Å². The lowest BCUT2D eigenvalue weighted by atomic mass is 9.99. The molecule has 2 aromatic carbocycles. The molecule has 1 atom stereocenters. The first-order valence-corrected chi connectivity index (χ1v) is 15.3. The molecule has 0 bridgehead atoms. The predicted molar refractivity (Wildman–Crippen MR) is 138 cm³/mol. The number of alkyl halides is 3. The average molecular weight is 608 g/mol. The third kappa shape index (κ3) is 6.31. The molecule has 1 fully saturated rings. The lowest BCUT2D eigenvalue weighted by Crippen LogP contribution is -2.43. The van der Waals surface area contributed by atoms with Crippen molar-refractivity contribution in [3.63, 3.8) is 0 Å². The summed E-state index contributed by atoms with van der Waals surface area (Å²) in [5, 5.41) is 3.76. The molecule has 0 radical (unpaired) electrons.